The first-order valence-corrected chi connectivity index (χ1v) is 10.1. The average molecular weight is 416 g/mol. The molecule has 1 N–H and O–H groups in total. The molecule has 0 amide bonds. The van der Waals surface area contributed by atoms with Gasteiger partial charge in [-0.25, -0.2) is 0 Å². The molecule has 0 bridgehead atoms. The van der Waals surface area contributed by atoms with E-state index in [9.17, 15) is 0 Å². The highest BCUT2D eigenvalue weighted by Gasteiger charge is 2.26. The van der Waals surface area contributed by atoms with E-state index in [1.165, 1.54) is 5.56 Å². The summed E-state index contributed by atoms with van der Waals surface area (Å²) in [5.41, 5.74) is 4.03. The van der Waals surface area contributed by atoms with Crippen molar-refractivity contribution < 1.29 is 0 Å². The van der Waals surface area contributed by atoms with Crippen molar-refractivity contribution >= 4 is 35.0 Å². The standard InChI is InChI=1S/C21H19Cl2N3S/c1-12(2)19(15-6-4-14(11-24)5-7-15)20-13(3)25-26-21(20)27-18-9-16(22)8-17(23)10-18/h4-10,12,19H,1-3H3,(H,25,26). The molecule has 6 heteroatoms. The second-order valence-corrected chi connectivity index (χ2v) is 8.67. The average Bonchev–Trinajstić information content (AvgIpc) is 2.95. The first-order chi connectivity index (χ1) is 12.9. The van der Waals surface area contributed by atoms with Crippen molar-refractivity contribution in [2.75, 3.05) is 0 Å². The van der Waals surface area contributed by atoms with Gasteiger partial charge in [0.05, 0.1) is 11.6 Å². The lowest BCUT2D eigenvalue weighted by Gasteiger charge is -2.22. The second kappa shape index (κ2) is 8.39. The maximum atomic E-state index is 9.07. The highest BCUT2D eigenvalue weighted by Crippen LogP contribution is 2.41. The fourth-order valence-electron chi connectivity index (χ4n) is 3.21. The molecule has 1 heterocycles. The monoisotopic (exact) mass is 415 g/mol. The number of aryl methyl sites for hydroxylation is 1. The fourth-order valence-corrected chi connectivity index (χ4v) is 4.94. The van der Waals surface area contributed by atoms with Gasteiger partial charge in [0, 0.05) is 32.1 Å². The van der Waals surface area contributed by atoms with Crippen LogP contribution in [0.4, 0.5) is 0 Å². The molecule has 0 radical (unpaired) electrons. The third kappa shape index (κ3) is 4.50. The molecule has 1 aromatic heterocycles. The Morgan fingerprint density at radius 1 is 1.07 bits per heavy atom. The van der Waals surface area contributed by atoms with Gasteiger partial charge in [-0.3, -0.25) is 5.10 Å². The lowest BCUT2D eigenvalue weighted by molar-refractivity contribution is 0.555. The van der Waals surface area contributed by atoms with E-state index >= 15 is 0 Å². The number of nitriles is 1. The van der Waals surface area contributed by atoms with Crippen molar-refractivity contribution in [3.05, 3.63) is 74.9 Å². The normalized spacial score (nSPS) is 12.2. The van der Waals surface area contributed by atoms with Gasteiger partial charge in [-0.05, 0) is 48.7 Å². The Bertz CT molecular complexity index is 967. The van der Waals surface area contributed by atoms with E-state index in [-0.39, 0.29) is 5.92 Å². The summed E-state index contributed by atoms with van der Waals surface area (Å²) in [5.74, 6) is 0.519. The zero-order chi connectivity index (χ0) is 19.6. The molecular weight excluding hydrogens is 397 g/mol. The van der Waals surface area contributed by atoms with Crippen LogP contribution in [0, 0.1) is 24.2 Å². The smallest absolute Gasteiger partial charge is 0.127 e. The maximum Gasteiger partial charge on any atom is 0.127 e. The van der Waals surface area contributed by atoms with E-state index in [4.69, 9.17) is 28.5 Å². The van der Waals surface area contributed by atoms with E-state index in [0.29, 0.717) is 21.5 Å². The van der Waals surface area contributed by atoms with E-state index in [0.717, 1.165) is 21.2 Å². The van der Waals surface area contributed by atoms with E-state index in [1.807, 2.05) is 43.3 Å². The van der Waals surface area contributed by atoms with Crippen LogP contribution in [0.25, 0.3) is 0 Å². The van der Waals surface area contributed by atoms with Crippen molar-refractivity contribution in [2.24, 2.45) is 5.92 Å². The Hall–Kier alpha value is -1.93. The predicted octanol–water partition coefficient (Wildman–Crippen LogP) is 6.84. The molecule has 0 saturated heterocycles. The maximum absolute atomic E-state index is 9.07. The van der Waals surface area contributed by atoms with Gasteiger partial charge in [-0.2, -0.15) is 10.4 Å². The zero-order valence-electron chi connectivity index (χ0n) is 15.3. The predicted molar refractivity (Wildman–Crippen MR) is 112 cm³/mol. The molecule has 0 aliphatic heterocycles. The number of benzene rings is 2. The van der Waals surface area contributed by atoms with Crippen LogP contribution in [0.3, 0.4) is 0 Å². The number of halogens is 2. The van der Waals surface area contributed by atoms with Crippen molar-refractivity contribution in [1.29, 1.82) is 5.26 Å². The first-order valence-electron chi connectivity index (χ1n) is 8.58. The zero-order valence-corrected chi connectivity index (χ0v) is 17.6. The molecule has 3 aromatic rings. The van der Waals surface area contributed by atoms with Gasteiger partial charge in [-0.1, -0.05) is 60.9 Å². The van der Waals surface area contributed by atoms with Gasteiger partial charge < -0.3 is 0 Å². The highest BCUT2D eigenvalue weighted by atomic mass is 35.5. The topological polar surface area (TPSA) is 52.5 Å². The molecule has 0 spiro atoms. The van der Waals surface area contributed by atoms with Crippen LogP contribution in [0.15, 0.2) is 52.4 Å². The first kappa shape index (κ1) is 19.8. The molecule has 3 nitrogen and oxygen atoms in total. The summed E-state index contributed by atoms with van der Waals surface area (Å²) in [6, 6.07) is 15.5. The lowest BCUT2D eigenvalue weighted by atomic mass is 9.82. The Morgan fingerprint density at radius 2 is 1.70 bits per heavy atom. The van der Waals surface area contributed by atoms with Crippen LogP contribution in [-0.2, 0) is 0 Å². The molecule has 2 aromatic carbocycles. The molecule has 0 fully saturated rings. The van der Waals surface area contributed by atoms with Crippen LogP contribution in [0.1, 0.15) is 42.1 Å². The second-order valence-electron chi connectivity index (χ2n) is 6.73. The summed E-state index contributed by atoms with van der Waals surface area (Å²) >= 11 is 13.8. The minimum Gasteiger partial charge on any atom is -0.281 e. The molecule has 3 rings (SSSR count). The van der Waals surface area contributed by atoms with Crippen LogP contribution in [0.2, 0.25) is 10.0 Å². The number of aromatic amines is 1. The number of hydrogen-bond donors (Lipinski definition) is 1. The van der Waals surface area contributed by atoms with E-state index in [1.54, 1.807) is 17.8 Å². The van der Waals surface area contributed by atoms with Crippen LogP contribution in [0.5, 0.6) is 0 Å². The van der Waals surface area contributed by atoms with Gasteiger partial charge in [0.15, 0.2) is 0 Å². The summed E-state index contributed by atoms with van der Waals surface area (Å²) in [6.45, 7) is 6.43. The summed E-state index contributed by atoms with van der Waals surface area (Å²) < 4.78 is 0. The van der Waals surface area contributed by atoms with Crippen LogP contribution < -0.4 is 0 Å². The molecule has 1 unspecified atom stereocenters. The quantitative estimate of drug-likeness (QED) is 0.496. The molecule has 0 saturated carbocycles. The Morgan fingerprint density at radius 3 is 2.26 bits per heavy atom. The number of nitrogens with zero attached hydrogens (tertiary/aromatic N) is 2. The summed E-state index contributed by atoms with van der Waals surface area (Å²) in [7, 11) is 0. The van der Waals surface area contributed by atoms with Crippen LogP contribution >= 0.6 is 35.0 Å². The number of hydrogen-bond acceptors (Lipinski definition) is 3. The van der Waals surface area contributed by atoms with E-state index in [2.05, 4.69) is 30.1 Å². The van der Waals surface area contributed by atoms with Crippen molar-refractivity contribution in [1.82, 2.24) is 10.2 Å². The minimum atomic E-state index is 0.161. The van der Waals surface area contributed by atoms with Gasteiger partial charge in [0.1, 0.15) is 5.03 Å². The minimum absolute atomic E-state index is 0.161. The van der Waals surface area contributed by atoms with Crippen molar-refractivity contribution in [3.63, 3.8) is 0 Å². The number of nitrogens with one attached hydrogen (secondary N) is 1. The van der Waals surface area contributed by atoms with Gasteiger partial charge >= 0.3 is 0 Å². The molecule has 1 atom stereocenters. The third-order valence-electron chi connectivity index (χ3n) is 4.39. The number of aromatic nitrogens is 2. The summed E-state index contributed by atoms with van der Waals surface area (Å²) in [6.07, 6.45) is 0. The molecule has 0 aliphatic rings. The third-order valence-corrected chi connectivity index (χ3v) is 5.80. The lowest BCUT2D eigenvalue weighted by Crippen LogP contribution is -2.10. The Kier molecular flexibility index (Phi) is 6.16. The van der Waals surface area contributed by atoms with Gasteiger partial charge in [0.2, 0.25) is 0 Å². The fraction of sp³-hybridized carbons (Fsp3) is 0.238. The van der Waals surface area contributed by atoms with Crippen LogP contribution in [-0.4, -0.2) is 10.2 Å². The Labute approximate surface area is 173 Å². The van der Waals surface area contributed by atoms with Crippen molar-refractivity contribution in [2.45, 2.75) is 36.6 Å². The van der Waals surface area contributed by atoms with Crippen molar-refractivity contribution in [3.8, 4) is 6.07 Å². The number of H-pyrrole nitrogens is 1. The molecule has 27 heavy (non-hydrogen) atoms. The van der Waals surface area contributed by atoms with E-state index < -0.39 is 0 Å². The van der Waals surface area contributed by atoms with Gasteiger partial charge in [-0.15, -0.1) is 0 Å². The summed E-state index contributed by atoms with van der Waals surface area (Å²) in [5, 5.41) is 18.8. The highest BCUT2D eigenvalue weighted by molar-refractivity contribution is 7.99. The van der Waals surface area contributed by atoms with Gasteiger partial charge in [0.25, 0.3) is 0 Å². The summed E-state index contributed by atoms with van der Waals surface area (Å²) in [4.78, 5) is 0.947. The largest absolute Gasteiger partial charge is 0.281 e. The number of rotatable bonds is 5. The molecule has 0 aliphatic carbocycles. The Balaban J connectivity index is 2.03. The molecule has 138 valence electrons. The molecular formula is C21H19Cl2N3S. The SMILES string of the molecule is Cc1[nH]nc(Sc2cc(Cl)cc(Cl)c2)c1C(c1ccc(C#N)cc1)C(C)C.